The SMILES string of the molecule is O=S(=O)(N[C@H]1CCC[C@@H](N(c2ccc(F)cc2)c2ccc(F)cc2)[C@@H]1O)c1ccc(OC(F)(F)F)cc1. The topological polar surface area (TPSA) is 78.9 Å². The first kappa shape index (κ1) is 26.8. The lowest BCUT2D eigenvalue weighted by atomic mass is 9.87. The zero-order chi connectivity index (χ0) is 26.8. The molecule has 1 fully saturated rings. The van der Waals surface area contributed by atoms with Crippen molar-refractivity contribution in [3.63, 3.8) is 0 Å². The Morgan fingerprint density at radius 1 is 0.838 bits per heavy atom. The van der Waals surface area contributed by atoms with Crippen molar-refractivity contribution in [2.24, 2.45) is 0 Å². The van der Waals surface area contributed by atoms with Crippen LogP contribution in [-0.2, 0) is 10.0 Å². The van der Waals surface area contributed by atoms with E-state index in [4.69, 9.17) is 0 Å². The van der Waals surface area contributed by atoms with E-state index in [1.807, 2.05) is 0 Å². The summed E-state index contributed by atoms with van der Waals surface area (Å²) in [7, 11) is -4.21. The Bertz CT molecular complexity index is 1260. The second kappa shape index (κ2) is 10.6. The number of rotatable bonds is 7. The lowest BCUT2D eigenvalue weighted by molar-refractivity contribution is -0.274. The van der Waals surface area contributed by atoms with Gasteiger partial charge in [0, 0.05) is 11.4 Å². The lowest BCUT2D eigenvalue weighted by Crippen LogP contribution is -2.55. The third-order valence-corrected chi connectivity index (χ3v) is 7.54. The fourth-order valence-corrected chi connectivity index (χ4v) is 5.68. The van der Waals surface area contributed by atoms with E-state index in [2.05, 4.69) is 9.46 Å². The summed E-state index contributed by atoms with van der Waals surface area (Å²) in [5, 5.41) is 11.3. The van der Waals surface area contributed by atoms with Gasteiger partial charge in [-0.05, 0) is 92.1 Å². The van der Waals surface area contributed by atoms with Crippen LogP contribution in [0.15, 0.2) is 77.7 Å². The van der Waals surface area contributed by atoms with Crippen LogP contribution in [0.1, 0.15) is 19.3 Å². The number of anilines is 2. The molecule has 2 N–H and O–H groups in total. The minimum absolute atomic E-state index is 0.298. The van der Waals surface area contributed by atoms with Crippen LogP contribution in [0, 0.1) is 11.6 Å². The standard InChI is InChI=1S/C25H23F5N2O4S/c26-16-4-8-18(9-5-16)32(19-10-6-17(27)7-11-19)23-3-1-2-22(24(23)33)31-37(34,35)21-14-12-20(13-15-21)36-25(28,29)30/h4-15,22-24,31,33H,1-3H2/t22-,23+,24+/m0/s1. The molecule has 0 spiro atoms. The number of benzene rings is 3. The number of halogens is 5. The maximum absolute atomic E-state index is 13.6. The summed E-state index contributed by atoms with van der Waals surface area (Å²) >= 11 is 0. The molecule has 0 saturated heterocycles. The summed E-state index contributed by atoms with van der Waals surface area (Å²) in [5.74, 6) is -1.51. The summed E-state index contributed by atoms with van der Waals surface area (Å²) < 4.78 is 96.5. The Morgan fingerprint density at radius 2 is 1.35 bits per heavy atom. The van der Waals surface area contributed by atoms with Crippen LogP contribution in [0.4, 0.5) is 33.3 Å². The van der Waals surface area contributed by atoms with Crippen LogP contribution in [-0.4, -0.2) is 38.1 Å². The van der Waals surface area contributed by atoms with Gasteiger partial charge in [0.05, 0.1) is 23.1 Å². The van der Waals surface area contributed by atoms with Crippen molar-refractivity contribution in [2.75, 3.05) is 4.90 Å². The highest BCUT2D eigenvalue weighted by Crippen LogP contribution is 2.35. The summed E-state index contributed by atoms with van der Waals surface area (Å²) in [5.41, 5.74) is 1.03. The molecular weight excluding hydrogens is 519 g/mol. The maximum Gasteiger partial charge on any atom is 0.573 e. The van der Waals surface area contributed by atoms with Gasteiger partial charge in [0.25, 0.3) is 0 Å². The van der Waals surface area contributed by atoms with Crippen LogP contribution in [0.5, 0.6) is 5.75 Å². The van der Waals surface area contributed by atoms with Gasteiger partial charge in [-0.2, -0.15) is 0 Å². The van der Waals surface area contributed by atoms with Crippen LogP contribution in [0.25, 0.3) is 0 Å². The van der Waals surface area contributed by atoms with E-state index in [1.165, 1.54) is 48.5 Å². The van der Waals surface area contributed by atoms with Crippen LogP contribution in [0.2, 0.25) is 0 Å². The second-order valence-electron chi connectivity index (χ2n) is 8.56. The van der Waals surface area contributed by atoms with Crippen molar-refractivity contribution in [1.29, 1.82) is 0 Å². The molecular formula is C25H23F5N2O4S. The van der Waals surface area contributed by atoms with Gasteiger partial charge >= 0.3 is 6.36 Å². The molecule has 0 radical (unpaired) electrons. The van der Waals surface area contributed by atoms with Crippen LogP contribution < -0.4 is 14.4 Å². The zero-order valence-corrected chi connectivity index (χ0v) is 20.0. The number of nitrogens with zero attached hydrogens (tertiary/aromatic N) is 1. The Labute approximate surface area is 210 Å². The third kappa shape index (κ3) is 6.56. The smallest absolute Gasteiger partial charge is 0.406 e. The molecule has 0 heterocycles. The normalized spacial score (nSPS) is 20.4. The number of aliphatic hydroxyl groups is 1. The van der Waals surface area contributed by atoms with Gasteiger partial charge in [-0.15, -0.1) is 13.2 Å². The first-order valence-corrected chi connectivity index (χ1v) is 12.8. The summed E-state index contributed by atoms with van der Waals surface area (Å²) in [6, 6.07) is 13.1. The molecule has 3 aromatic carbocycles. The van der Waals surface area contributed by atoms with Gasteiger partial charge in [-0.25, -0.2) is 21.9 Å². The Kier molecular flexibility index (Phi) is 7.72. The molecule has 0 aliphatic heterocycles. The minimum Gasteiger partial charge on any atom is -0.406 e. The van der Waals surface area contributed by atoms with E-state index in [9.17, 15) is 35.5 Å². The first-order chi connectivity index (χ1) is 17.4. The van der Waals surface area contributed by atoms with Crippen molar-refractivity contribution in [3.05, 3.63) is 84.4 Å². The second-order valence-corrected chi connectivity index (χ2v) is 10.3. The molecule has 0 amide bonds. The molecule has 0 bridgehead atoms. The zero-order valence-electron chi connectivity index (χ0n) is 19.2. The molecule has 198 valence electrons. The molecule has 3 aromatic rings. The monoisotopic (exact) mass is 542 g/mol. The van der Waals surface area contributed by atoms with E-state index >= 15 is 0 Å². The molecule has 12 heteroatoms. The molecule has 0 unspecified atom stereocenters. The summed E-state index contributed by atoms with van der Waals surface area (Å²) in [6.45, 7) is 0. The average Bonchev–Trinajstić information content (AvgIpc) is 2.83. The van der Waals surface area contributed by atoms with Gasteiger partial charge in [0.1, 0.15) is 17.4 Å². The van der Waals surface area contributed by atoms with E-state index < -0.39 is 52.0 Å². The highest BCUT2D eigenvalue weighted by atomic mass is 32.2. The number of aliphatic hydroxyl groups excluding tert-OH is 1. The van der Waals surface area contributed by atoms with E-state index in [0.717, 1.165) is 24.3 Å². The van der Waals surface area contributed by atoms with E-state index in [-0.39, 0.29) is 4.90 Å². The Hall–Kier alpha value is -3.22. The van der Waals surface area contributed by atoms with Crippen molar-refractivity contribution in [3.8, 4) is 5.75 Å². The summed E-state index contributed by atoms with van der Waals surface area (Å²) in [4.78, 5) is 1.40. The van der Waals surface area contributed by atoms with Crippen molar-refractivity contribution >= 4 is 21.4 Å². The molecule has 1 aliphatic rings. The predicted octanol–water partition coefficient (Wildman–Crippen LogP) is 5.26. The highest BCUT2D eigenvalue weighted by Gasteiger charge is 2.39. The van der Waals surface area contributed by atoms with E-state index in [1.54, 1.807) is 4.90 Å². The highest BCUT2D eigenvalue weighted by molar-refractivity contribution is 7.89. The largest absolute Gasteiger partial charge is 0.573 e. The van der Waals surface area contributed by atoms with Gasteiger partial charge < -0.3 is 14.7 Å². The number of sulfonamides is 1. The molecule has 0 aromatic heterocycles. The average molecular weight is 543 g/mol. The van der Waals surface area contributed by atoms with Gasteiger partial charge in [-0.3, -0.25) is 0 Å². The van der Waals surface area contributed by atoms with Gasteiger partial charge in [-0.1, -0.05) is 0 Å². The summed E-state index contributed by atoms with van der Waals surface area (Å²) in [6.07, 6.45) is -4.87. The van der Waals surface area contributed by atoms with Crippen LogP contribution >= 0.6 is 0 Å². The molecule has 4 rings (SSSR count). The molecule has 3 atom stereocenters. The lowest BCUT2D eigenvalue weighted by Gasteiger charge is -2.42. The van der Waals surface area contributed by atoms with E-state index in [0.29, 0.717) is 30.6 Å². The van der Waals surface area contributed by atoms with Gasteiger partial charge in [0.15, 0.2) is 0 Å². The molecule has 37 heavy (non-hydrogen) atoms. The number of hydrogen-bond donors (Lipinski definition) is 2. The molecule has 1 saturated carbocycles. The van der Waals surface area contributed by atoms with Crippen LogP contribution in [0.3, 0.4) is 0 Å². The Balaban J connectivity index is 1.58. The molecule has 6 nitrogen and oxygen atoms in total. The predicted molar refractivity (Wildman–Crippen MR) is 126 cm³/mol. The molecule has 1 aliphatic carbocycles. The minimum atomic E-state index is -4.92. The number of alkyl halides is 3. The number of ether oxygens (including phenoxy) is 1. The van der Waals surface area contributed by atoms with Crippen molar-refractivity contribution in [2.45, 2.75) is 48.7 Å². The quantitative estimate of drug-likeness (QED) is 0.398. The first-order valence-electron chi connectivity index (χ1n) is 11.3. The van der Waals surface area contributed by atoms with Crippen molar-refractivity contribution in [1.82, 2.24) is 4.72 Å². The van der Waals surface area contributed by atoms with Gasteiger partial charge in [0.2, 0.25) is 10.0 Å². The fourth-order valence-electron chi connectivity index (χ4n) is 4.39. The third-order valence-electron chi connectivity index (χ3n) is 6.04. The fraction of sp³-hybridized carbons (Fsp3) is 0.280. The number of hydrogen-bond acceptors (Lipinski definition) is 5. The Morgan fingerprint density at radius 3 is 1.84 bits per heavy atom. The van der Waals surface area contributed by atoms with Crippen molar-refractivity contribution < 1.29 is 40.2 Å². The number of nitrogens with one attached hydrogen (secondary N) is 1. The maximum atomic E-state index is 13.6.